The topological polar surface area (TPSA) is 78.5 Å². The normalized spacial score (nSPS) is 14.9. The molecular weight excluding hydrogens is 192 g/mol. The minimum Gasteiger partial charge on any atom is -0.399 e. The molecule has 0 spiro atoms. The summed E-state index contributed by atoms with van der Waals surface area (Å²) in [4.78, 5) is 0. The van der Waals surface area contributed by atoms with Gasteiger partial charge in [0.2, 0.25) is 0 Å². The fourth-order valence-electron chi connectivity index (χ4n) is 1.49. The van der Waals surface area contributed by atoms with Gasteiger partial charge in [0.25, 0.3) is 0 Å². The zero-order valence-corrected chi connectivity index (χ0v) is 8.85. The Hall–Kier alpha value is -1.10. The first kappa shape index (κ1) is 12.0. The highest BCUT2D eigenvalue weighted by Gasteiger charge is 2.15. The van der Waals surface area contributed by atoms with E-state index in [2.05, 4.69) is 5.32 Å². The lowest BCUT2D eigenvalue weighted by molar-refractivity contribution is 0.141. The smallest absolute Gasteiger partial charge is 0.0706 e. The third-order valence-electron chi connectivity index (χ3n) is 2.25. The number of benzene rings is 1. The number of rotatable bonds is 5. The summed E-state index contributed by atoms with van der Waals surface area (Å²) in [6, 6.07) is 7.17. The van der Waals surface area contributed by atoms with Gasteiger partial charge in [-0.05, 0) is 24.6 Å². The molecule has 1 rings (SSSR count). The van der Waals surface area contributed by atoms with Crippen LogP contribution in [-0.4, -0.2) is 29.5 Å². The van der Waals surface area contributed by atoms with E-state index < -0.39 is 6.10 Å². The van der Waals surface area contributed by atoms with Gasteiger partial charge in [-0.1, -0.05) is 12.1 Å². The van der Waals surface area contributed by atoms with E-state index in [0.717, 1.165) is 5.56 Å². The predicted molar refractivity (Wildman–Crippen MR) is 60.4 cm³/mol. The molecule has 5 N–H and O–H groups in total. The van der Waals surface area contributed by atoms with Crippen LogP contribution in [0.2, 0.25) is 0 Å². The molecule has 0 bridgehead atoms. The maximum atomic E-state index is 9.59. The first-order chi connectivity index (χ1) is 7.15. The van der Waals surface area contributed by atoms with Crippen molar-refractivity contribution in [2.75, 3.05) is 18.9 Å². The Morgan fingerprint density at radius 2 is 1.93 bits per heavy atom. The molecular formula is C11H18N2O2. The van der Waals surface area contributed by atoms with E-state index in [1.165, 1.54) is 0 Å². The summed E-state index contributed by atoms with van der Waals surface area (Å²) in [6.45, 7) is 2.23. The molecule has 4 heteroatoms. The van der Waals surface area contributed by atoms with E-state index in [-0.39, 0.29) is 12.6 Å². The van der Waals surface area contributed by atoms with Crippen LogP contribution in [0.3, 0.4) is 0 Å². The number of anilines is 1. The van der Waals surface area contributed by atoms with E-state index in [9.17, 15) is 5.11 Å². The number of hydrogen-bond donors (Lipinski definition) is 4. The Balaban J connectivity index is 2.74. The summed E-state index contributed by atoms with van der Waals surface area (Å²) in [5.41, 5.74) is 7.24. The Morgan fingerprint density at radius 1 is 1.33 bits per heavy atom. The van der Waals surface area contributed by atoms with Crippen molar-refractivity contribution in [2.24, 2.45) is 0 Å². The number of nitrogens with two attached hydrogens (primary N) is 1. The number of aliphatic hydroxyl groups is 2. The summed E-state index contributed by atoms with van der Waals surface area (Å²) in [5, 5.41) is 21.4. The molecule has 0 saturated heterocycles. The molecule has 0 radical (unpaired) electrons. The molecule has 0 aliphatic rings. The summed E-state index contributed by atoms with van der Waals surface area (Å²) < 4.78 is 0. The van der Waals surface area contributed by atoms with Gasteiger partial charge in [-0.3, -0.25) is 0 Å². The minimum atomic E-state index is -0.514. The molecule has 0 aliphatic heterocycles. The number of nitrogens with one attached hydrogen (secondary N) is 1. The monoisotopic (exact) mass is 210 g/mol. The van der Waals surface area contributed by atoms with Gasteiger partial charge in [0.1, 0.15) is 0 Å². The van der Waals surface area contributed by atoms with Gasteiger partial charge in [-0.25, -0.2) is 0 Å². The lowest BCUT2D eigenvalue weighted by Gasteiger charge is -2.21. The molecule has 84 valence electrons. The van der Waals surface area contributed by atoms with Crippen LogP contribution in [0, 0.1) is 0 Å². The molecule has 0 aromatic heterocycles. The van der Waals surface area contributed by atoms with Crippen molar-refractivity contribution in [3.05, 3.63) is 29.8 Å². The van der Waals surface area contributed by atoms with Crippen LogP contribution in [0.5, 0.6) is 0 Å². The fourth-order valence-corrected chi connectivity index (χ4v) is 1.49. The summed E-state index contributed by atoms with van der Waals surface area (Å²) in [5.74, 6) is 0. The van der Waals surface area contributed by atoms with Crippen LogP contribution in [0.1, 0.15) is 18.5 Å². The molecule has 2 unspecified atom stereocenters. The third kappa shape index (κ3) is 3.51. The van der Waals surface area contributed by atoms with Crippen LogP contribution in [0.4, 0.5) is 5.69 Å². The quantitative estimate of drug-likeness (QED) is 0.526. The van der Waals surface area contributed by atoms with Gasteiger partial charge < -0.3 is 21.3 Å². The van der Waals surface area contributed by atoms with Crippen LogP contribution >= 0.6 is 0 Å². The maximum absolute atomic E-state index is 9.59. The van der Waals surface area contributed by atoms with Gasteiger partial charge in [-0.15, -0.1) is 0 Å². The zero-order valence-electron chi connectivity index (χ0n) is 8.85. The van der Waals surface area contributed by atoms with Crippen LogP contribution in [-0.2, 0) is 0 Å². The third-order valence-corrected chi connectivity index (χ3v) is 2.25. The van der Waals surface area contributed by atoms with Crippen molar-refractivity contribution in [3.63, 3.8) is 0 Å². The van der Waals surface area contributed by atoms with Gasteiger partial charge in [0, 0.05) is 12.2 Å². The maximum Gasteiger partial charge on any atom is 0.0706 e. The van der Waals surface area contributed by atoms with Gasteiger partial charge in [0.15, 0.2) is 0 Å². The SMILES string of the molecule is CC(O)C(NCCO)c1ccc(N)cc1. The van der Waals surface area contributed by atoms with Crippen LogP contribution in [0.15, 0.2) is 24.3 Å². The second-order valence-electron chi connectivity index (χ2n) is 3.56. The molecule has 0 heterocycles. The molecule has 4 nitrogen and oxygen atoms in total. The molecule has 0 fully saturated rings. The Morgan fingerprint density at radius 3 is 2.40 bits per heavy atom. The first-order valence-electron chi connectivity index (χ1n) is 5.03. The van der Waals surface area contributed by atoms with Crippen molar-refractivity contribution in [1.29, 1.82) is 0 Å². The average molecular weight is 210 g/mol. The highest BCUT2D eigenvalue weighted by molar-refractivity contribution is 5.40. The Kier molecular flexibility index (Phi) is 4.55. The van der Waals surface area contributed by atoms with Crippen LogP contribution in [0.25, 0.3) is 0 Å². The lowest BCUT2D eigenvalue weighted by Crippen LogP contribution is -2.32. The molecule has 2 atom stereocenters. The van der Waals surface area contributed by atoms with E-state index in [4.69, 9.17) is 10.8 Å². The van der Waals surface area contributed by atoms with Crippen molar-refractivity contribution in [1.82, 2.24) is 5.32 Å². The average Bonchev–Trinajstić information content (AvgIpc) is 2.21. The Bertz CT molecular complexity index is 285. The van der Waals surface area contributed by atoms with Crippen LogP contribution < -0.4 is 11.1 Å². The van der Waals surface area contributed by atoms with Crippen molar-refractivity contribution in [2.45, 2.75) is 19.1 Å². The molecule has 0 saturated carbocycles. The molecule has 0 aliphatic carbocycles. The largest absolute Gasteiger partial charge is 0.399 e. The number of nitrogen functional groups attached to an aromatic ring is 1. The van der Waals surface area contributed by atoms with E-state index in [1.54, 1.807) is 19.1 Å². The standard InChI is InChI=1S/C11H18N2O2/c1-8(15)11(13-6-7-14)9-2-4-10(12)5-3-9/h2-5,8,11,13-15H,6-7,12H2,1H3. The number of hydrogen-bond acceptors (Lipinski definition) is 4. The Labute approximate surface area is 89.7 Å². The summed E-state index contributed by atoms with van der Waals surface area (Å²) in [6.07, 6.45) is -0.514. The highest BCUT2D eigenvalue weighted by Crippen LogP contribution is 2.18. The molecule has 0 amide bonds. The van der Waals surface area contributed by atoms with E-state index in [0.29, 0.717) is 12.2 Å². The van der Waals surface area contributed by atoms with E-state index in [1.807, 2.05) is 12.1 Å². The minimum absolute atomic E-state index is 0.0538. The lowest BCUT2D eigenvalue weighted by atomic mass is 10.0. The molecule has 1 aromatic carbocycles. The van der Waals surface area contributed by atoms with Crippen molar-refractivity contribution >= 4 is 5.69 Å². The highest BCUT2D eigenvalue weighted by atomic mass is 16.3. The predicted octanol–water partition coefficient (Wildman–Crippen LogP) is 0.273. The first-order valence-corrected chi connectivity index (χ1v) is 5.03. The van der Waals surface area contributed by atoms with Gasteiger partial charge in [0.05, 0.1) is 18.8 Å². The summed E-state index contributed by atoms with van der Waals surface area (Å²) in [7, 11) is 0. The van der Waals surface area contributed by atoms with E-state index >= 15 is 0 Å². The van der Waals surface area contributed by atoms with Gasteiger partial charge in [-0.2, -0.15) is 0 Å². The molecule has 15 heavy (non-hydrogen) atoms. The number of aliphatic hydroxyl groups excluding tert-OH is 2. The fraction of sp³-hybridized carbons (Fsp3) is 0.455. The second-order valence-corrected chi connectivity index (χ2v) is 3.56. The van der Waals surface area contributed by atoms with Crippen molar-refractivity contribution in [3.8, 4) is 0 Å². The zero-order chi connectivity index (χ0) is 11.3. The van der Waals surface area contributed by atoms with Gasteiger partial charge >= 0.3 is 0 Å². The van der Waals surface area contributed by atoms with Crippen molar-refractivity contribution < 1.29 is 10.2 Å². The second kappa shape index (κ2) is 5.70. The summed E-state index contributed by atoms with van der Waals surface area (Å²) >= 11 is 0. The molecule has 1 aromatic rings.